The van der Waals surface area contributed by atoms with Gasteiger partial charge in [-0.05, 0) is 29.1 Å². The first kappa shape index (κ1) is 30.5. The third-order valence-electron chi connectivity index (χ3n) is 8.11. The van der Waals surface area contributed by atoms with Crippen molar-refractivity contribution in [2.24, 2.45) is 34.5 Å². The summed E-state index contributed by atoms with van der Waals surface area (Å²) in [5.74, 6) is -9.30. The Labute approximate surface area is 221 Å². The molecular weight excluding hydrogens is 536 g/mol. The molecule has 0 spiro atoms. The van der Waals surface area contributed by atoms with Crippen LogP contribution in [-0.4, -0.2) is 72.1 Å². The Kier molecular flexibility index (Phi) is 7.70. The Bertz CT molecular complexity index is 1080. The lowest BCUT2D eigenvalue weighted by Crippen LogP contribution is -2.61. The van der Waals surface area contributed by atoms with Crippen LogP contribution in [0.5, 0.6) is 0 Å². The molecule has 0 radical (unpaired) electrons. The molecule has 3 rings (SSSR count). The molecule has 1 saturated carbocycles. The van der Waals surface area contributed by atoms with Gasteiger partial charge in [0.2, 0.25) is 17.7 Å². The largest absolute Gasteiger partial charge is 0.471 e. The highest BCUT2D eigenvalue weighted by Gasteiger charge is 2.70. The fourth-order valence-corrected chi connectivity index (χ4v) is 5.78. The molecule has 3 N–H and O–H groups in total. The Morgan fingerprint density at radius 1 is 1.13 bits per heavy atom. The lowest BCUT2D eigenvalue weighted by Gasteiger charge is -2.38. The van der Waals surface area contributed by atoms with Gasteiger partial charge in [-0.1, -0.05) is 34.6 Å². The summed E-state index contributed by atoms with van der Waals surface area (Å²) in [7, 11) is 0. The zero-order valence-electron chi connectivity index (χ0n) is 22.0. The van der Waals surface area contributed by atoms with E-state index in [0.29, 0.717) is 0 Å². The molecule has 0 aromatic carbocycles. The van der Waals surface area contributed by atoms with Crippen LogP contribution in [0.25, 0.3) is 0 Å². The summed E-state index contributed by atoms with van der Waals surface area (Å²) >= 11 is 0. The van der Waals surface area contributed by atoms with Gasteiger partial charge in [0.05, 0.1) is 17.9 Å². The van der Waals surface area contributed by atoms with Crippen LogP contribution in [0.3, 0.4) is 0 Å². The van der Waals surface area contributed by atoms with Crippen LogP contribution in [0, 0.1) is 45.8 Å². The maximum absolute atomic E-state index is 13.5. The number of carbonyl (C=O) groups is 4. The van der Waals surface area contributed by atoms with Gasteiger partial charge in [-0.3, -0.25) is 19.2 Å². The first-order chi connectivity index (χ1) is 17.6. The Morgan fingerprint density at radius 3 is 2.21 bits per heavy atom. The predicted molar refractivity (Wildman–Crippen MR) is 122 cm³/mol. The predicted octanol–water partition coefficient (Wildman–Crippen LogP) is 1.89. The van der Waals surface area contributed by atoms with Crippen molar-refractivity contribution >= 4 is 23.6 Å². The molecule has 0 unspecified atom stereocenters. The van der Waals surface area contributed by atoms with Crippen molar-refractivity contribution in [3.63, 3.8) is 0 Å². The van der Waals surface area contributed by atoms with Crippen molar-refractivity contribution in [2.45, 2.75) is 71.5 Å². The topological polar surface area (TPSA) is 131 Å². The van der Waals surface area contributed by atoms with Crippen LogP contribution in [0.4, 0.5) is 26.3 Å². The van der Waals surface area contributed by atoms with Crippen LogP contribution in [0.1, 0.15) is 41.0 Å². The van der Waals surface area contributed by atoms with Crippen LogP contribution >= 0.6 is 0 Å². The highest BCUT2D eigenvalue weighted by Crippen LogP contribution is 2.65. The van der Waals surface area contributed by atoms with Crippen molar-refractivity contribution in [3.05, 3.63) is 0 Å². The van der Waals surface area contributed by atoms with E-state index in [1.807, 2.05) is 13.8 Å². The zero-order chi connectivity index (χ0) is 29.9. The Hall–Kier alpha value is -3.05. The number of halogens is 6. The molecular formula is C24H31F6N5O4. The molecule has 218 valence electrons. The first-order valence-corrected chi connectivity index (χ1v) is 12.3. The van der Waals surface area contributed by atoms with Crippen molar-refractivity contribution in [3.8, 4) is 6.07 Å². The standard InChI is InChI=1S/C24H31F6N5O4/c1-21(2,3)16(34-20(39)24(28,29)30)19(38)35-9-13-14(22(13,4)5)15(35)18(37)33-10(7-31)6-11-12(23(25,26)27)8-32-17(11)36/h10-16H,6,8-9H2,1-5H3,(H,32,36)(H,33,37)(H,34,39)/t10-,11+,12+,13-,14-,15-,16+/m0/s1. The van der Waals surface area contributed by atoms with E-state index in [-0.39, 0.29) is 12.5 Å². The minimum atomic E-state index is -5.25. The fourth-order valence-electron chi connectivity index (χ4n) is 5.78. The van der Waals surface area contributed by atoms with Crippen molar-refractivity contribution in [1.29, 1.82) is 5.26 Å². The van der Waals surface area contributed by atoms with E-state index >= 15 is 0 Å². The molecule has 2 saturated heterocycles. The summed E-state index contributed by atoms with van der Waals surface area (Å²) < 4.78 is 79.0. The lowest BCUT2D eigenvalue weighted by molar-refractivity contribution is -0.181. The minimum absolute atomic E-state index is 0.00144. The number of amides is 4. The summed E-state index contributed by atoms with van der Waals surface area (Å²) in [6, 6.07) is -2.70. The molecule has 2 aliphatic heterocycles. The minimum Gasteiger partial charge on any atom is -0.355 e. The molecule has 3 aliphatic rings. The third-order valence-corrected chi connectivity index (χ3v) is 8.11. The third kappa shape index (κ3) is 5.94. The van der Waals surface area contributed by atoms with Gasteiger partial charge in [-0.25, -0.2) is 0 Å². The van der Waals surface area contributed by atoms with Gasteiger partial charge in [0.15, 0.2) is 0 Å². The highest BCUT2D eigenvalue weighted by atomic mass is 19.4. The SMILES string of the molecule is CC(C)(C)[C@H](NC(=O)C(F)(F)F)C(=O)N1C[C@H]2[C@@H]([C@H]1C(=O)N[C@H](C#N)C[C@H]1C(=O)NC[C@H]1C(F)(F)F)C2(C)C. The number of nitriles is 1. The fraction of sp³-hybridized carbons (Fsp3) is 0.792. The van der Waals surface area contributed by atoms with Gasteiger partial charge in [0.25, 0.3) is 0 Å². The molecule has 3 fully saturated rings. The van der Waals surface area contributed by atoms with Crippen LogP contribution in [0.2, 0.25) is 0 Å². The number of piperidine rings is 1. The van der Waals surface area contributed by atoms with E-state index in [4.69, 9.17) is 0 Å². The van der Waals surface area contributed by atoms with E-state index in [1.54, 1.807) is 11.4 Å². The number of hydrogen-bond acceptors (Lipinski definition) is 5. The summed E-state index contributed by atoms with van der Waals surface area (Å²) in [6.45, 7) is 7.33. The molecule has 9 nitrogen and oxygen atoms in total. The van der Waals surface area contributed by atoms with E-state index in [1.165, 1.54) is 20.8 Å². The molecule has 2 heterocycles. The molecule has 15 heteroatoms. The van der Waals surface area contributed by atoms with E-state index in [2.05, 4.69) is 10.6 Å². The maximum atomic E-state index is 13.5. The highest BCUT2D eigenvalue weighted by molar-refractivity contribution is 5.95. The van der Waals surface area contributed by atoms with Crippen LogP contribution in [-0.2, 0) is 19.2 Å². The number of fused-ring (bicyclic) bond motifs is 1. The van der Waals surface area contributed by atoms with Gasteiger partial charge in [-0.2, -0.15) is 31.6 Å². The molecule has 7 atom stereocenters. The number of alkyl halides is 6. The second kappa shape index (κ2) is 9.85. The van der Waals surface area contributed by atoms with Gasteiger partial charge >= 0.3 is 18.3 Å². The lowest BCUT2D eigenvalue weighted by atomic mass is 9.85. The average molecular weight is 568 g/mol. The van der Waals surface area contributed by atoms with E-state index in [0.717, 1.165) is 4.90 Å². The molecule has 4 amide bonds. The molecule has 0 aromatic heterocycles. The zero-order valence-corrected chi connectivity index (χ0v) is 22.0. The molecule has 39 heavy (non-hydrogen) atoms. The molecule has 0 bridgehead atoms. The van der Waals surface area contributed by atoms with E-state index < -0.39 is 95.7 Å². The van der Waals surface area contributed by atoms with Crippen molar-refractivity contribution < 1.29 is 45.5 Å². The average Bonchev–Trinajstić information content (AvgIpc) is 3.13. The normalized spacial score (nSPS) is 29.5. The number of carbonyl (C=O) groups excluding carboxylic acids is 4. The number of nitrogens with zero attached hydrogens (tertiary/aromatic N) is 2. The summed E-state index contributed by atoms with van der Waals surface area (Å²) in [6.07, 6.45) is -10.6. The van der Waals surface area contributed by atoms with Crippen LogP contribution in [0.15, 0.2) is 0 Å². The number of rotatable bonds is 6. The van der Waals surface area contributed by atoms with E-state index in [9.17, 15) is 50.8 Å². The van der Waals surface area contributed by atoms with Gasteiger partial charge in [0, 0.05) is 13.1 Å². The van der Waals surface area contributed by atoms with Gasteiger partial charge in [-0.15, -0.1) is 0 Å². The maximum Gasteiger partial charge on any atom is 0.471 e. The second-order valence-corrected chi connectivity index (χ2v) is 12.1. The second-order valence-electron chi connectivity index (χ2n) is 12.1. The van der Waals surface area contributed by atoms with Crippen molar-refractivity contribution in [1.82, 2.24) is 20.9 Å². The van der Waals surface area contributed by atoms with Crippen LogP contribution < -0.4 is 16.0 Å². The number of likely N-dealkylation sites (tertiary alicyclic amines) is 1. The summed E-state index contributed by atoms with van der Waals surface area (Å²) in [4.78, 5) is 51.7. The Morgan fingerprint density at radius 2 is 1.72 bits per heavy atom. The summed E-state index contributed by atoms with van der Waals surface area (Å²) in [5, 5.41) is 15.7. The van der Waals surface area contributed by atoms with Gasteiger partial charge in [0.1, 0.15) is 18.1 Å². The first-order valence-electron chi connectivity index (χ1n) is 12.3. The number of hydrogen-bond donors (Lipinski definition) is 3. The molecule has 1 aliphatic carbocycles. The number of nitrogens with one attached hydrogen (secondary N) is 3. The molecule has 0 aromatic rings. The monoisotopic (exact) mass is 567 g/mol. The smallest absolute Gasteiger partial charge is 0.355 e. The quantitative estimate of drug-likeness (QED) is 0.422. The van der Waals surface area contributed by atoms with Gasteiger partial charge < -0.3 is 20.9 Å². The summed E-state index contributed by atoms with van der Waals surface area (Å²) in [5.41, 5.74) is -1.61. The Balaban J connectivity index is 1.83. The van der Waals surface area contributed by atoms with Crippen molar-refractivity contribution in [2.75, 3.05) is 13.1 Å².